The lowest BCUT2D eigenvalue weighted by atomic mass is 10.0. The number of nitrogens with zero attached hydrogens (tertiary/aromatic N) is 2. The topological polar surface area (TPSA) is 59.0 Å². The summed E-state index contributed by atoms with van der Waals surface area (Å²) in [6, 6.07) is 4.78. The third-order valence-electron chi connectivity index (χ3n) is 4.65. The van der Waals surface area contributed by atoms with Gasteiger partial charge in [-0.1, -0.05) is 6.92 Å². The number of hydrogen-bond acceptors (Lipinski definition) is 2. The summed E-state index contributed by atoms with van der Waals surface area (Å²) in [6.07, 6.45) is 2.02. The number of anilines is 1. The highest BCUT2D eigenvalue weighted by Gasteiger charge is 2.47. The molecule has 1 saturated carbocycles. The molecule has 0 saturated heterocycles. The lowest BCUT2D eigenvalue weighted by molar-refractivity contribution is 0.246. The van der Waals surface area contributed by atoms with Gasteiger partial charge in [-0.15, -0.1) is 0 Å². The highest BCUT2D eigenvalue weighted by molar-refractivity contribution is 5.89. The van der Waals surface area contributed by atoms with Crippen molar-refractivity contribution in [3.8, 4) is 0 Å². The zero-order valence-corrected chi connectivity index (χ0v) is 14.6. The van der Waals surface area contributed by atoms with Crippen molar-refractivity contribution in [1.29, 1.82) is 0 Å². The van der Waals surface area contributed by atoms with E-state index in [4.69, 9.17) is 0 Å². The smallest absolute Gasteiger partial charge is 0.321 e. The quantitative estimate of drug-likeness (QED) is 0.848. The Morgan fingerprint density at radius 2 is 2.08 bits per heavy atom. The molecule has 2 N–H and O–H groups in total. The number of nitrogens with one attached hydrogen (secondary N) is 2. The Bertz CT molecular complexity index is 798. The molecular weight excluding hydrogens is 326 g/mol. The number of urea groups is 1. The van der Waals surface area contributed by atoms with Gasteiger partial charge in [-0.2, -0.15) is 5.10 Å². The van der Waals surface area contributed by atoms with Crippen LogP contribution in [-0.4, -0.2) is 15.8 Å². The van der Waals surface area contributed by atoms with Crippen LogP contribution in [0, 0.1) is 18.6 Å². The van der Waals surface area contributed by atoms with E-state index < -0.39 is 23.2 Å². The summed E-state index contributed by atoms with van der Waals surface area (Å²) < 4.78 is 29.3. The van der Waals surface area contributed by atoms with Crippen LogP contribution in [0.5, 0.6) is 0 Å². The Hall–Kier alpha value is -2.44. The van der Waals surface area contributed by atoms with E-state index in [1.54, 1.807) is 10.7 Å². The van der Waals surface area contributed by atoms with E-state index in [0.29, 0.717) is 18.7 Å². The SMILES string of the molecule is CCC(C)n1nc(C)cc1NC(=O)NC1(c2cc(F)ccc2F)CC1. The largest absolute Gasteiger partial charge is 0.328 e. The number of aromatic nitrogens is 2. The van der Waals surface area contributed by atoms with Crippen LogP contribution in [0.1, 0.15) is 50.4 Å². The van der Waals surface area contributed by atoms with Crippen LogP contribution in [-0.2, 0) is 5.54 Å². The van der Waals surface area contributed by atoms with Crippen LogP contribution >= 0.6 is 0 Å². The fourth-order valence-corrected chi connectivity index (χ4v) is 2.93. The third-order valence-corrected chi connectivity index (χ3v) is 4.65. The first-order valence-electron chi connectivity index (χ1n) is 8.45. The number of aryl methyl sites for hydroxylation is 1. The average molecular weight is 348 g/mol. The third kappa shape index (κ3) is 3.50. The maximum absolute atomic E-state index is 14.0. The molecule has 0 radical (unpaired) electrons. The molecule has 1 aromatic carbocycles. The summed E-state index contributed by atoms with van der Waals surface area (Å²) >= 11 is 0. The Morgan fingerprint density at radius 1 is 1.36 bits per heavy atom. The first-order valence-corrected chi connectivity index (χ1v) is 8.45. The molecular formula is C18H22F2N4O. The van der Waals surface area contributed by atoms with Crippen molar-refractivity contribution in [1.82, 2.24) is 15.1 Å². The maximum Gasteiger partial charge on any atom is 0.321 e. The number of carbonyl (C=O) groups excluding carboxylic acids is 1. The normalized spacial score (nSPS) is 16.4. The number of amides is 2. The fourth-order valence-electron chi connectivity index (χ4n) is 2.93. The predicted molar refractivity (Wildman–Crippen MR) is 91.4 cm³/mol. The van der Waals surface area contributed by atoms with E-state index in [9.17, 15) is 13.6 Å². The molecule has 1 fully saturated rings. The fraction of sp³-hybridized carbons (Fsp3) is 0.444. The van der Waals surface area contributed by atoms with Crippen molar-refractivity contribution in [2.45, 2.75) is 51.6 Å². The molecule has 0 spiro atoms. The molecule has 3 rings (SSSR count). The number of carbonyl (C=O) groups is 1. The highest BCUT2D eigenvalue weighted by Crippen LogP contribution is 2.46. The van der Waals surface area contributed by atoms with Crippen molar-refractivity contribution in [3.63, 3.8) is 0 Å². The van der Waals surface area contributed by atoms with Gasteiger partial charge in [-0.3, -0.25) is 5.32 Å². The summed E-state index contributed by atoms with van der Waals surface area (Å²) in [5, 5.41) is 9.97. The first kappa shape index (κ1) is 17.4. The van der Waals surface area contributed by atoms with E-state index in [-0.39, 0.29) is 11.6 Å². The molecule has 0 bridgehead atoms. The molecule has 1 heterocycles. The van der Waals surface area contributed by atoms with Crippen molar-refractivity contribution >= 4 is 11.8 Å². The van der Waals surface area contributed by atoms with Gasteiger partial charge in [0.2, 0.25) is 0 Å². The molecule has 1 unspecified atom stereocenters. The minimum atomic E-state index is -0.841. The number of rotatable bonds is 5. The van der Waals surface area contributed by atoms with Gasteiger partial charge in [0, 0.05) is 11.6 Å². The highest BCUT2D eigenvalue weighted by atomic mass is 19.1. The second-order valence-corrected chi connectivity index (χ2v) is 6.66. The van der Waals surface area contributed by atoms with Crippen LogP contribution in [0.15, 0.2) is 24.3 Å². The second-order valence-electron chi connectivity index (χ2n) is 6.66. The predicted octanol–water partition coefficient (Wildman–Crippen LogP) is 4.25. The first-order chi connectivity index (χ1) is 11.8. The lowest BCUT2D eigenvalue weighted by Gasteiger charge is -2.20. The summed E-state index contributed by atoms with van der Waals surface area (Å²) in [5.41, 5.74) is 0.147. The Morgan fingerprint density at radius 3 is 2.72 bits per heavy atom. The van der Waals surface area contributed by atoms with Crippen molar-refractivity contribution < 1.29 is 13.6 Å². The summed E-state index contributed by atoms with van der Waals surface area (Å²) in [5.74, 6) is -0.449. The van der Waals surface area contributed by atoms with E-state index in [1.165, 1.54) is 0 Å². The Kier molecular flexibility index (Phi) is 4.49. The summed E-state index contributed by atoms with van der Waals surface area (Å²) in [7, 11) is 0. The van der Waals surface area contributed by atoms with Crippen LogP contribution in [0.2, 0.25) is 0 Å². The monoisotopic (exact) mass is 348 g/mol. The zero-order chi connectivity index (χ0) is 18.2. The molecule has 0 aliphatic heterocycles. The number of hydrogen-bond donors (Lipinski definition) is 2. The number of halogens is 2. The van der Waals surface area contributed by atoms with Gasteiger partial charge < -0.3 is 5.32 Å². The van der Waals surface area contributed by atoms with Crippen molar-refractivity contribution in [2.24, 2.45) is 0 Å². The molecule has 134 valence electrons. The van der Waals surface area contributed by atoms with Gasteiger partial charge in [0.25, 0.3) is 0 Å². The van der Waals surface area contributed by atoms with Gasteiger partial charge in [0.15, 0.2) is 0 Å². The molecule has 2 amide bonds. The lowest BCUT2D eigenvalue weighted by Crippen LogP contribution is -2.39. The van der Waals surface area contributed by atoms with Gasteiger partial charge >= 0.3 is 6.03 Å². The molecule has 25 heavy (non-hydrogen) atoms. The second kappa shape index (κ2) is 6.46. The molecule has 1 aliphatic rings. The van der Waals surface area contributed by atoms with Crippen LogP contribution in [0.4, 0.5) is 19.4 Å². The van der Waals surface area contributed by atoms with Gasteiger partial charge in [0.1, 0.15) is 17.5 Å². The number of benzene rings is 1. The van der Waals surface area contributed by atoms with Gasteiger partial charge in [-0.05, 0) is 51.3 Å². The maximum atomic E-state index is 14.0. The summed E-state index contributed by atoms with van der Waals surface area (Å²) in [4.78, 5) is 12.4. The molecule has 7 heteroatoms. The van der Waals surface area contributed by atoms with Gasteiger partial charge in [0.05, 0.1) is 17.3 Å². The molecule has 2 aromatic rings. The minimum absolute atomic E-state index is 0.138. The van der Waals surface area contributed by atoms with E-state index in [1.807, 2.05) is 20.8 Å². The van der Waals surface area contributed by atoms with E-state index in [0.717, 1.165) is 30.3 Å². The van der Waals surface area contributed by atoms with Gasteiger partial charge in [-0.25, -0.2) is 18.3 Å². The Labute approximate surface area is 145 Å². The molecule has 5 nitrogen and oxygen atoms in total. The molecule has 1 aliphatic carbocycles. The van der Waals surface area contributed by atoms with Crippen LogP contribution in [0.3, 0.4) is 0 Å². The standard InChI is InChI=1S/C18H22F2N4O/c1-4-12(3)24-16(9-11(2)23-24)21-17(25)22-18(7-8-18)14-10-13(19)5-6-15(14)20/h5-6,9-10,12H,4,7-8H2,1-3H3,(H2,21,22,25). The average Bonchev–Trinajstić information content (AvgIpc) is 3.24. The zero-order valence-electron chi connectivity index (χ0n) is 14.6. The van der Waals surface area contributed by atoms with E-state index in [2.05, 4.69) is 15.7 Å². The molecule has 1 aromatic heterocycles. The Balaban J connectivity index is 1.76. The van der Waals surface area contributed by atoms with Crippen molar-refractivity contribution in [3.05, 3.63) is 47.2 Å². The van der Waals surface area contributed by atoms with E-state index >= 15 is 0 Å². The molecule has 1 atom stereocenters. The van der Waals surface area contributed by atoms with Crippen molar-refractivity contribution in [2.75, 3.05) is 5.32 Å². The minimum Gasteiger partial charge on any atom is -0.328 e. The summed E-state index contributed by atoms with van der Waals surface area (Å²) in [6.45, 7) is 5.91. The van der Waals surface area contributed by atoms with Crippen LogP contribution in [0.25, 0.3) is 0 Å². The van der Waals surface area contributed by atoms with Crippen LogP contribution < -0.4 is 10.6 Å².